The molecule has 0 bridgehead atoms. The van der Waals surface area contributed by atoms with E-state index >= 15 is 0 Å². The highest BCUT2D eigenvalue weighted by Gasteiger charge is 2.07. The van der Waals surface area contributed by atoms with Crippen molar-refractivity contribution in [2.45, 2.75) is 26.8 Å². The summed E-state index contributed by atoms with van der Waals surface area (Å²) in [5, 5.41) is 9.24. The number of thiophene rings is 1. The fraction of sp³-hybridized carbons (Fsp3) is 0.500. The Balaban J connectivity index is 0.00000242. The molecule has 6 nitrogen and oxygen atoms in total. The Hall–Kier alpha value is -1.16. The molecule has 0 aliphatic carbocycles. The first-order valence-electron chi connectivity index (χ1n) is 7.00. The van der Waals surface area contributed by atoms with E-state index in [0.29, 0.717) is 18.3 Å². The minimum atomic E-state index is 0. The standard InChI is InChI=1S/C14H21N5OS.HI/c1-4-15-14(16-10-13-17-11(2)20-18-13)19(3)8-7-12-6-5-9-21-12;/h5-6,9H,4,7-8,10H2,1-3H3,(H,15,16);1H. The summed E-state index contributed by atoms with van der Waals surface area (Å²) in [6.07, 6.45) is 1.01. The third-order valence-corrected chi connectivity index (χ3v) is 3.85. The molecule has 0 spiro atoms. The van der Waals surface area contributed by atoms with Gasteiger partial charge < -0.3 is 14.7 Å². The first kappa shape index (κ1) is 18.9. The lowest BCUT2D eigenvalue weighted by Crippen LogP contribution is -2.39. The summed E-state index contributed by atoms with van der Waals surface area (Å²) in [5.74, 6) is 2.03. The van der Waals surface area contributed by atoms with E-state index in [-0.39, 0.29) is 24.0 Å². The van der Waals surface area contributed by atoms with Gasteiger partial charge in [0.25, 0.3) is 0 Å². The van der Waals surface area contributed by atoms with Gasteiger partial charge in [0.15, 0.2) is 11.8 Å². The number of nitrogens with one attached hydrogen (secondary N) is 1. The fourth-order valence-electron chi connectivity index (χ4n) is 1.86. The van der Waals surface area contributed by atoms with Crippen LogP contribution >= 0.6 is 35.3 Å². The van der Waals surface area contributed by atoms with E-state index in [9.17, 15) is 0 Å². The van der Waals surface area contributed by atoms with Crippen molar-refractivity contribution >= 4 is 41.3 Å². The summed E-state index contributed by atoms with van der Waals surface area (Å²) in [6, 6.07) is 4.24. The SMILES string of the molecule is CCNC(=NCc1noc(C)n1)N(C)CCc1cccs1.I. The molecule has 2 heterocycles. The highest BCUT2D eigenvalue weighted by Crippen LogP contribution is 2.09. The van der Waals surface area contributed by atoms with E-state index in [4.69, 9.17) is 4.52 Å². The summed E-state index contributed by atoms with van der Waals surface area (Å²) in [6.45, 7) is 5.99. The van der Waals surface area contributed by atoms with Gasteiger partial charge in [0.1, 0.15) is 6.54 Å². The molecule has 2 aromatic rings. The second kappa shape index (κ2) is 9.78. The van der Waals surface area contributed by atoms with E-state index in [2.05, 4.69) is 49.8 Å². The summed E-state index contributed by atoms with van der Waals surface area (Å²) < 4.78 is 4.95. The van der Waals surface area contributed by atoms with E-state index in [1.807, 2.05) is 7.05 Å². The smallest absolute Gasteiger partial charge is 0.223 e. The largest absolute Gasteiger partial charge is 0.357 e. The van der Waals surface area contributed by atoms with Gasteiger partial charge in [0.05, 0.1) is 0 Å². The first-order valence-corrected chi connectivity index (χ1v) is 7.88. The number of halogens is 1. The van der Waals surface area contributed by atoms with Crippen molar-refractivity contribution in [2.24, 2.45) is 4.99 Å². The minimum Gasteiger partial charge on any atom is -0.357 e. The molecule has 2 aromatic heterocycles. The predicted octanol–water partition coefficient (Wildman–Crippen LogP) is 2.70. The molecule has 0 fully saturated rings. The molecule has 0 unspecified atom stereocenters. The molecule has 0 saturated carbocycles. The number of likely N-dealkylation sites (N-methyl/N-ethyl adjacent to an activating group) is 1. The second-order valence-electron chi connectivity index (χ2n) is 4.65. The van der Waals surface area contributed by atoms with Crippen molar-refractivity contribution < 1.29 is 4.52 Å². The van der Waals surface area contributed by atoms with Crippen LogP contribution < -0.4 is 5.32 Å². The van der Waals surface area contributed by atoms with Gasteiger partial charge in [-0.05, 0) is 24.8 Å². The van der Waals surface area contributed by atoms with E-state index in [1.54, 1.807) is 18.3 Å². The average Bonchev–Trinajstić information content (AvgIpc) is 3.12. The normalized spacial score (nSPS) is 11.1. The zero-order chi connectivity index (χ0) is 15.1. The number of aliphatic imine (C=N–C) groups is 1. The molecule has 0 aromatic carbocycles. The molecule has 0 amide bonds. The topological polar surface area (TPSA) is 66.5 Å². The Labute approximate surface area is 152 Å². The quantitative estimate of drug-likeness (QED) is 0.430. The molecule has 1 N–H and O–H groups in total. The molecular weight excluding hydrogens is 413 g/mol. The average molecular weight is 435 g/mol. The molecule has 0 aliphatic rings. The Morgan fingerprint density at radius 1 is 1.50 bits per heavy atom. The van der Waals surface area contributed by atoms with Crippen molar-refractivity contribution in [3.63, 3.8) is 0 Å². The summed E-state index contributed by atoms with van der Waals surface area (Å²) in [4.78, 5) is 12.2. The van der Waals surface area contributed by atoms with Gasteiger partial charge in [-0.1, -0.05) is 11.2 Å². The lowest BCUT2D eigenvalue weighted by atomic mass is 10.3. The lowest BCUT2D eigenvalue weighted by molar-refractivity contribution is 0.387. The van der Waals surface area contributed by atoms with E-state index in [1.165, 1.54) is 4.88 Å². The third-order valence-electron chi connectivity index (χ3n) is 2.91. The Morgan fingerprint density at radius 2 is 2.32 bits per heavy atom. The molecule has 0 aliphatic heterocycles. The summed E-state index contributed by atoms with van der Waals surface area (Å²) in [5.41, 5.74) is 0. The van der Waals surface area contributed by atoms with Crippen molar-refractivity contribution in [2.75, 3.05) is 20.1 Å². The van der Waals surface area contributed by atoms with Gasteiger partial charge in [0.2, 0.25) is 5.89 Å². The van der Waals surface area contributed by atoms with Gasteiger partial charge in [0, 0.05) is 31.9 Å². The summed E-state index contributed by atoms with van der Waals surface area (Å²) in [7, 11) is 2.04. The van der Waals surface area contributed by atoms with Gasteiger partial charge in [-0.25, -0.2) is 4.99 Å². The molecule has 2 rings (SSSR count). The van der Waals surface area contributed by atoms with E-state index in [0.717, 1.165) is 25.5 Å². The van der Waals surface area contributed by atoms with Gasteiger partial charge >= 0.3 is 0 Å². The second-order valence-corrected chi connectivity index (χ2v) is 5.68. The minimum absolute atomic E-state index is 0. The Kier molecular flexibility index (Phi) is 8.39. The molecular formula is C14H22IN5OS. The molecule has 8 heteroatoms. The Bertz CT molecular complexity index is 570. The monoisotopic (exact) mass is 435 g/mol. The maximum atomic E-state index is 4.95. The van der Waals surface area contributed by atoms with Crippen LogP contribution in [0.1, 0.15) is 23.5 Å². The zero-order valence-corrected chi connectivity index (χ0v) is 16.2. The van der Waals surface area contributed by atoms with Crippen LogP contribution in [0.3, 0.4) is 0 Å². The van der Waals surface area contributed by atoms with Crippen molar-refractivity contribution in [3.8, 4) is 0 Å². The first-order chi connectivity index (χ1) is 10.2. The van der Waals surface area contributed by atoms with Crippen LogP contribution in [-0.2, 0) is 13.0 Å². The van der Waals surface area contributed by atoms with E-state index < -0.39 is 0 Å². The van der Waals surface area contributed by atoms with Crippen molar-refractivity contribution in [3.05, 3.63) is 34.1 Å². The maximum absolute atomic E-state index is 4.95. The molecule has 22 heavy (non-hydrogen) atoms. The maximum Gasteiger partial charge on any atom is 0.223 e. The van der Waals surface area contributed by atoms with Crippen LogP contribution in [0.15, 0.2) is 27.0 Å². The fourth-order valence-corrected chi connectivity index (χ4v) is 2.56. The van der Waals surface area contributed by atoms with Crippen molar-refractivity contribution in [1.29, 1.82) is 0 Å². The molecule has 0 radical (unpaired) electrons. The zero-order valence-electron chi connectivity index (χ0n) is 13.1. The highest BCUT2D eigenvalue weighted by atomic mass is 127. The number of hydrogen-bond donors (Lipinski definition) is 1. The number of nitrogens with zero attached hydrogens (tertiary/aromatic N) is 4. The van der Waals surface area contributed by atoms with Gasteiger partial charge in [-0.3, -0.25) is 0 Å². The van der Waals surface area contributed by atoms with Crippen LogP contribution in [0, 0.1) is 6.92 Å². The summed E-state index contributed by atoms with van der Waals surface area (Å²) >= 11 is 1.78. The number of rotatable bonds is 6. The van der Waals surface area contributed by atoms with Crippen LogP contribution in [0.25, 0.3) is 0 Å². The van der Waals surface area contributed by atoms with Gasteiger partial charge in [-0.15, -0.1) is 35.3 Å². The number of aryl methyl sites for hydroxylation is 1. The molecule has 0 atom stereocenters. The molecule has 122 valence electrons. The Morgan fingerprint density at radius 3 is 2.91 bits per heavy atom. The predicted molar refractivity (Wildman–Crippen MR) is 99.9 cm³/mol. The molecule has 0 saturated heterocycles. The third kappa shape index (κ3) is 5.91. The van der Waals surface area contributed by atoms with Crippen LogP contribution in [0.2, 0.25) is 0 Å². The van der Waals surface area contributed by atoms with Gasteiger partial charge in [-0.2, -0.15) is 4.98 Å². The van der Waals surface area contributed by atoms with Crippen LogP contribution in [0.5, 0.6) is 0 Å². The number of hydrogen-bond acceptors (Lipinski definition) is 5. The van der Waals surface area contributed by atoms with Crippen LogP contribution in [-0.4, -0.2) is 41.1 Å². The lowest BCUT2D eigenvalue weighted by Gasteiger charge is -2.21. The number of aromatic nitrogens is 2. The number of guanidine groups is 1. The highest BCUT2D eigenvalue weighted by molar-refractivity contribution is 14.0. The van der Waals surface area contributed by atoms with Crippen LogP contribution in [0.4, 0.5) is 0 Å². The van der Waals surface area contributed by atoms with Crippen molar-refractivity contribution in [1.82, 2.24) is 20.4 Å².